The lowest BCUT2D eigenvalue weighted by molar-refractivity contribution is -0.0690. The molecular weight excluding hydrogens is 304 g/mol. The lowest BCUT2D eigenvalue weighted by Crippen LogP contribution is -2.46. The van der Waals surface area contributed by atoms with Gasteiger partial charge < -0.3 is 14.4 Å². The van der Waals surface area contributed by atoms with Crippen molar-refractivity contribution in [3.8, 4) is 5.88 Å². The summed E-state index contributed by atoms with van der Waals surface area (Å²) >= 11 is 0. The molecule has 1 aromatic rings. The van der Waals surface area contributed by atoms with E-state index in [0.717, 1.165) is 38.0 Å². The summed E-state index contributed by atoms with van der Waals surface area (Å²) in [5.41, 5.74) is 0. The Kier molecular flexibility index (Phi) is 5.89. The van der Waals surface area contributed by atoms with Crippen LogP contribution in [0.3, 0.4) is 0 Å². The first-order valence-electron chi connectivity index (χ1n) is 9.14. The molecule has 0 bridgehead atoms. The SMILES string of the molecule is COc1ccnc(N2CCC(CCN3CC(C)OC(C)C3)CC2)n1. The number of nitrogens with zero attached hydrogens (tertiary/aromatic N) is 4. The number of hydrogen-bond acceptors (Lipinski definition) is 6. The first-order chi connectivity index (χ1) is 11.6. The van der Waals surface area contributed by atoms with E-state index in [1.54, 1.807) is 19.4 Å². The Hall–Kier alpha value is -1.40. The second-order valence-electron chi connectivity index (χ2n) is 7.13. The van der Waals surface area contributed by atoms with Gasteiger partial charge in [0.2, 0.25) is 11.8 Å². The molecule has 6 nitrogen and oxygen atoms in total. The molecule has 3 rings (SSSR count). The Bertz CT molecular complexity index is 509. The van der Waals surface area contributed by atoms with Crippen LogP contribution in [-0.2, 0) is 4.74 Å². The predicted octanol–water partition coefficient (Wildman–Crippen LogP) is 2.20. The highest BCUT2D eigenvalue weighted by Crippen LogP contribution is 2.24. The lowest BCUT2D eigenvalue weighted by Gasteiger charge is -2.37. The summed E-state index contributed by atoms with van der Waals surface area (Å²) in [6.45, 7) is 9.76. The van der Waals surface area contributed by atoms with Crippen LogP contribution in [0.5, 0.6) is 5.88 Å². The molecule has 0 aromatic carbocycles. The third kappa shape index (κ3) is 4.57. The maximum absolute atomic E-state index is 5.82. The van der Waals surface area contributed by atoms with Crippen LogP contribution < -0.4 is 9.64 Å². The monoisotopic (exact) mass is 334 g/mol. The van der Waals surface area contributed by atoms with E-state index in [1.165, 1.54) is 25.8 Å². The molecule has 134 valence electrons. The number of piperidine rings is 1. The van der Waals surface area contributed by atoms with Gasteiger partial charge in [0.05, 0.1) is 19.3 Å². The first-order valence-corrected chi connectivity index (χ1v) is 9.14. The topological polar surface area (TPSA) is 50.7 Å². The van der Waals surface area contributed by atoms with E-state index >= 15 is 0 Å². The van der Waals surface area contributed by atoms with E-state index in [-0.39, 0.29) is 0 Å². The summed E-state index contributed by atoms with van der Waals surface area (Å²) in [5, 5.41) is 0. The molecule has 0 radical (unpaired) electrons. The van der Waals surface area contributed by atoms with Crippen molar-refractivity contribution in [2.24, 2.45) is 5.92 Å². The van der Waals surface area contributed by atoms with Gasteiger partial charge in [-0.05, 0) is 45.6 Å². The van der Waals surface area contributed by atoms with Crippen LogP contribution in [0.4, 0.5) is 5.95 Å². The van der Waals surface area contributed by atoms with Crippen LogP contribution in [0.25, 0.3) is 0 Å². The molecule has 0 aliphatic carbocycles. The van der Waals surface area contributed by atoms with Crippen molar-refractivity contribution in [3.05, 3.63) is 12.3 Å². The highest BCUT2D eigenvalue weighted by atomic mass is 16.5. The van der Waals surface area contributed by atoms with Crippen LogP contribution in [0.15, 0.2) is 12.3 Å². The predicted molar refractivity (Wildman–Crippen MR) is 94.6 cm³/mol. The van der Waals surface area contributed by atoms with Crippen molar-refractivity contribution < 1.29 is 9.47 Å². The molecule has 24 heavy (non-hydrogen) atoms. The lowest BCUT2D eigenvalue weighted by atomic mass is 9.93. The molecule has 2 aliphatic heterocycles. The summed E-state index contributed by atoms with van der Waals surface area (Å²) in [7, 11) is 1.64. The molecule has 3 heterocycles. The Morgan fingerprint density at radius 3 is 2.58 bits per heavy atom. The van der Waals surface area contributed by atoms with E-state index in [0.29, 0.717) is 18.1 Å². The smallest absolute Gasteiger partial charge is 0.228 e. The molecule has 2 aliphatic rings. The molecule has 2 saturated heterocycles. The van der Waals surface area contributed by atoms with Gasteiger partial charge >= 0.3 is 0 Å². The van der Waals surface area contributed by atoms with E-state index in [2.05, 4.69) is 33.6 Å². The number of aromatic nitrogens is 2. The minimum Gasteiger partial charge on any atom is -0.481 e. The summed E-state index contributed by atoms with van der Waals surface area (Å²) in [4.78, 5) is 13.7. The number of anilines is 1. The summed E-state index contributed by atoms with van der Waals surface area (Å²) in [5.74, 6) is 2.24. The van der Waals surface area contributed by atoms with Gasteiger partial charge in [0, 0.05) is 38.4 Å². The van der Waals surface area contributed by atoms with Crippen LogP contribution in [0.2, 0.25) is 0 Å². The average molecular weight is 334 g/mol. The van der Waals surface area contributed by atoms with Gasteiger partial charge in [0.25, 0.3) is 0 Å². The molecule has 2 fully saturated rings. The largest absolute Gasteiger partial charge is 0.481 e. The minimum absolute atomic E-state index is 0.362. The summed E-state index contributed by atoms with van der Waals surface area (Å²) in [6.07, 6.45) is 6.22. The second kappa shape index (κ2) is 8.12. The van der Waals surface area contributed by atoms with E-state index in [9.17, 15) is 0 Å². The fourth-order valence-electron chi connectivity index (χ4n) is 3.85. The van der Waals surface area contributed by atoms with Crippen LogP contribution in [-0.4, -0.2) is 66.9 Å². The van der Waals surface area contributed by atoms with Gasteiger partial charge in [0.15, 0.2) is 0 Å². The summed E-state index contributed by atoms with van der Waals surface area (Å²) < 4.78 is 11.0. The van der Waals surface area contributed by atoms with Crippen LogP contribution in [0, 0.1) is 5.92 Å². The van der Waals surface area contributed by atoms with Crippen LogP contribution in [0.1, 0.15) is 33.1 Å². The highest BCUT2D eigenvalue weighted by molar-refractivity contribution is 5.32. The summed E-state index contributed by atoms with van der Waals surface area (Å²) in [6, 6.07) is 1.79. The molecule has 0 saturated carbocycles. The fraction of sp³-hybridized carbons (Fsp3) is 0.778. The first kappa shape index (κ1) is 17.4. The fourth-order valence-corrected chi connectivity index (χ4v) is 3.85. The molecule has 2 atom stereocenters. The molecule has 0 spiro atoms. The van der Waals surface area contributed by atoms with Gasteiger partial charge in [-0.25, -0.2) is 4.98 Å². The van der Waals surface area contributed by atoms with E-state index in [4.69, 9.17) is 9.47 Å². The van der Waals surface area contributed by atoms with Gasteiger partial charge in [-0.2, -0.15) is 4.98 Å². The zero-order valence-electron chi connectivity index (χ0n) is 15.1. The van der Waals surface area contributed by atoms with Crippen molar-refractivity contribution in [3.63, 3.8) is 0 Å². The quantitative estimate of drug-likeness (QED) is 0.823. The number of hydrogen-bond donors (Lipinski definition) is 0. The Balaban J connectivity index is 1.43. The molecular formula is C18H30N4O2. The Labute approximate surface area is 145 Å². The minimum atomic E-state index is 0.362. The van der Waals surface area contributed by atoms with E-state index < -0.39 is 0 Å². The Morgan fingerprint density at radius 2 is 1.92 bits per heavy atom. The van der Waals surface area contributed by atoms with Crippen molar-refractivity contribution in [2.75, 3.05) is 44.7 Å². The third-order valence-electron chi connectivity index (χ3n) is 5.07. The third-order valence-corrected chi connectivity index (χ3v) is 5.07. The average Bonchev–Trinajstić information content (AvgIpc) is 2.60. The van der Waals surface area contributed by atoms with Gasteiger partial charge in [0.1, 0.15) is 0 Å². The normalized spacial score (nSPS) is 26.5. The zero-order valence-corrected chi connectivity index (χ0v) is 15.1. The number of ether oxygens (including phenoxy) is 2. The zero-order chi connectivity index (χ0) is 16.9. The standard InChI is InChI=1S/C18H30N4O2/c1-14-12-21(13-15(2)24-14)9-5-16-6-10-22(11-7-16)18-19-8-4-17(20-18)23-3/h4,8,14-16H,5-7,9-13H2,1-3H3. The Morgan fingerprint density at radius 1 is 1.21 bits per heavy atom. The second-order valence-corrected chi connectivity index (χ2v) is 7.13. The molecule has 6 heteroatoms. The van der Waals surface area contributed by atoms with Gasteiger partial charge in [-0.1, -0.05) is 0 Å². The number of morpholine rings is 1. The van der Waals surface area contributed by atoms with Crippen LogP contribution >= 0.6 is 0 Å². The van der Waals surface area contributed by atoms with Crippen molar-refractivity contribution in [1.82, 2.24) is 14.9 Å². The molecule has 0 N–H and O–H groups in total. The maximum atomic E-state index is 5.82. The number of methoxy groups -OCH3 is 1. The molecule has 0 amide bonds. The van der Waals surface area contributed by atoms with Gasteiger partial charge in [-0.3, -0.25) is 4.90 Å². The molecule has 2 unspecified atom stereocenters. The van der Waals surface area contributed by atoms with Crippen molar-refractivity contribution in [2.45, 2.75) is 45.3 Å². The highest BCUT2D eigenvalue weighted by Gasteiger charge is 2.25. The number of rotatable bonds is 5. The van der Waals surface area contributed by atoms with Crippen molar-refractivity contribution >= 4 is 5.95 Å². The van der Waals surface area contributed by atoms with Gasteiger partial charge in [-0.15, -0.1) is 0 Å². The maximum Gasteiger partial charge on any atom is 0.228 e. The van der Waals surface area contributed by atoms with Crippen molar-refractivity contribution in [1.29, 1.82) is 0 Å². The molecule has 1 aromatic heterocycles. The van der Waals surface area contributed by atoms with E-state index in [1.807, 2.05) is 0 Å².